The Labute approximate surface area is 187 Å². The Morgan fingerprint density at radius 3 is 2.81 bits per heavy atom. The predicted octanol–water partition coefficient (Wildman–Crippen LogP) is 4.24. The smallest absolute Gasteiger partial charge is 0.254 e. The monoisotopic (exact) mass is 427 g/mol. The van der Waals surface area contributed by atoms with Crippen molar-refractivity contribution in [2.75, 3.05) is 13.1 Å². The summed E-state index contributed by atoms with van der Waals surface area (Å²) in [6, 6.07) is 14.7. The molecule has 2 aliphatic rings. The lowest BCUT2D eigenvalue weighted by atomic mass is 10.1. The van der Waals surface area contributed by atoms with Crippen LogP contribution in [0.15, 0.2) is 48.7 Å². The number of hydrogen-bond donors (Lipinski definition) is 1. The van der Waals surface area contributed by atoms with Crippen molar-refractivity contribution in [3.8, 4) is 11.4 Å². The summed E-state index contributed by atoms with van der Waals surface area (Å²) in [4.78, 5) is 20.0. The third-order valence-electron chi connectivity index (χ3n) is 7.05. The molecular weight excluding hydrogens is 398 g/mol. The molecule has 0 spiro atoms. The first-order chi connectivity index (χ1) is 15.6. The van der Waals surface area contributed by atoms with Gasteiger partial charge in [-0.1, -0.05) is 18.2 Å². The molecule has 1 aliphatic carbocycles. The summed E-state index contributed by atoms with van der Waals surface area (Å²) < 4.78 is 4.52. The van der Waals surface area contributed by atoms with E-state index >= 15 is 0 Å². The average molecular weight is 428 g/mol. The number of likely N-dealkylation sites (tertiary alicyclic amines) is 1. The zero-order valence-electron chi connectivity index (χ0n) is 18.5. The number of para-hydroxylation sites is 1. The minimum atomic E-state index is 0.0488. The highest BCUT2D eigenvalue weighted by Crippen LogP contribution is 2.36. The Bertz CT molecular complexity index is 1330. The maximum Gasteiger partial charge on any atom is 0.254 e. The Kier molecular flexibility index (Phi) is 4.57. The molecule has 2 N–H and O–H groups in total. The number of aromatic nitrogens is 3. The summed E-state index contributed by atoms with van der Waals surface area (Å²) >= 11 is 0. The van der Waals surface area contributed by atoms with E-state index in [0.29, 0.717) is 12.1 Å². The van der Waals surface area contributed by atoms with Crippen LogP contribution < -0.4 is 5.73 Å². The van der Waals surface area contributed by atoms with Gasteiger partial charge in [-0.3, -0.25) is 4.79 Å². The largest absolute Gasteiger partial charge is 0.339 e. The van der Waals surface area contributed by atoms with E-state index in [-0.39, 0.29) is 11.9 Å². The zero-order chi connectivity index (χ0) is 21.8. The fourth-order valence-electron chi connectivity index (χ4n) is 5.08. The van der Waals surface area contributed by atoms with Gasteiger partial charge in [0, 0.05) is 54.0 Å². The first-order valence-electron chi connectivity index (χ1n) is 11.7. The molecule has 6 nitrogen and oxygen atoms in total. The first kappa shape index (κ1) is 19.6. The molecule has 1 unspecified atom stereocenters. The van der Waals surface area contributed by atoms with E-state index in [1.54, 1.807) is 0 Å². The van der Waals surface area contributed by atoms with Crippen LogP contribution in [0.5, 0.6) is 0 Å². The van der Waals surface area contributed by atoms with Crippen molar-refractivity contribution < 1.29 is 4.79 Å². The zero-order valence-corrected chi connectivity index (χ0v) is 18.5. The van der Waals surface area contributed by atoms with Gasteiger partial charge in [-0.25, -0.2) is 4.98 Å². The van der Waals surface area contributed by atoms with Crippen LogP contribution in [0.3, 0.4) is 0 Å². The summed E-state index contributed by atoms with van der Waals surface area (Å²) in [5.41, 5.74) is 12.1. The molecule has 0 radical (unpaired) electrons. The fourth-order valence-corrected chi connectivity index (χ4v) is 5.08. The van der Waals surface area contributed by atoms with Gasteiger partial charge in [0.25, 0.3) is 5.91 Å². The van der Waals surface area contributed by atoms with Crippen LogP contribution in [0, 0.1) is 12.8 Å². The van der Waals surface area contributed by atoms with Gasteiger partial charge >= 0.3 is 0 Å². The summed E-state index contributed by atoms with van der Waals surface area (Å²) in [5.74, 6) is 0.815. The van der Waals surface area contributed by atoms with Gasteiger partial charge in [0.2, 0.25) is 0 Å². The van der Waals surface area contributed by atoms with Crippen LogP contribution in [0.25, 0.3) is 27.9 Å². The number of carbonyl (C=O) groups is 1. The topological polar surface area (TPSA) is 68.6 Å². The van der Waals surface area contributed by atoms with Crippen molar-refractivity contribution >= 4 is 22.5 Å². The van der Waals surface area contributed by atoms with E-state index in [2.05, 4.69) is 46.2 Å². The Hall–Kier alpha value is -3.12. The first-order valence-corrected chi connectivity index (χ1v) is 11.7. The molecule has 1 amide bonds. The van der Waals surface area contributed by atoms with E-state index < -0.39 is 0 Å². The lowest BCUT2D eigenvalue weighted by molar-refractivity contribution is 0.0709. The summed E-state index contributed by atoms with van der Waals surface area (Å²) in [5, 5.41) is 1.25. The molecule has 32 heavy (non-hydrogen) atoms. The number of aryl methyl sites for hydroxylation is 1. The number of amides is 1. The maximum atomic E-state index is 13.1. The number of hydrogen-bond acceptors (Lipinski definition) is 3. The molecule has 2 fully saturated rings. The SMILES string of the molecule is Cc1c(-c2cc3ccccc3n2CC2CC2)nc2cc(C(=O)N3CCCC(N)C3)ccn12. The Balaban J connectivity index is 1.42. The highest BCUT2D eigenvalue weighted by molar-refractivity contribution is 5.95. The van der Waals surface area contributed by atoms with Gasteiger partial charge in [0.15, 0.2) is 0 Å². The number of pyridine rings is 1. The Morgan fingerprint density at radius 1 is 1.16 bits per heavy atom. The average Bonchev–Trinajstić information content (AvgIpc) is 3.48. The molecule has 1 aliphatic heterocycles. The van der Waals surface area contributed by atoms with Crippen LogP contribution in [-0.4, -0.2) is 43.9 Å². The molecule has 3 aromatic heterocycles. The van der Waals surface area contributed by atoms with E-state index in [1.165, 1.54) is 23.7 Å². The van der Waals surface area contributed by atoms with Crippen molar-refractivity contribution in [3.63, 3.8) is 0 Å². The quantitative estimate of drug-likeness (QED) is 0.530. The normalized spacial score (nSPS) is 19.2. The molecular formula is C26H29N5O. The predicted molar refractivity (Wildman–Crippen MR) is 127 cm³/mol. The van der Waals surface area contributed by atoms with E-state index in [1.807, 2.05) is 23.2 Å². The third kappa shape index (κ3) is 3.30. The molecule has 1 aromatic carbocycles. The van der Waals surface area contributed by atoms with Crippen molar-refractivity contribution in [1.29, 1.82) is 0 Å². The summed E-state index contributed by atoms with van der Waals surface area (Å²) in [6.07, 6.45) is 6.55. The number of nitrogens with two attached hydrogens (primary N) is 1. The lowest BCUT2D eigenvalue weighted by Crippen LogP contribution is -2.45. The van der Waals surface area contributed by atoms with Crippen LogP contribution in [-0.2, 0) is 6.54 Å². The molecule has 1 saturated carbocycles. The minimum Gasteiger partial charge on any atom is -0.339 e. The number of fused-ring (bicyclic) bond motifs is 2. The van der Waals surface area contributed by atoms with Gasteiger partial charge < -0.3 is 19.6 Å². The van der Waals surface area contributed by atoms with Gasteiger partial charge in [0.05, 0.1) is 5.69 Å². The molecule has 6 rings (SSSR count). The second-order valence-corrected chi connectivity index (χ2v) is 9.49. The molecule has 4 aromatic rings. The highest BCUT2D eigenvalue weighted by Gasteiger charge is 2.26. The molecule has 1 atom stereocenters. The standard InChI is InChI=1S/C26H29N5O/c1-17-25(23-13-19-5-2-3-7-22(19)31(23)15-18-8-9-18)28-24-14-20(10-12-30(17)24)26(32)29-11-4-6-21(27)16-29/h2-3,5,7,10,12-14,18,21H,4,6,8-9,11,15-16,27H2,1H3. The Morgan fingerprint density at radius 2 is 2.00 bits per heavy atom. The minimum absolute atomic E-state index is 0.0488. The van der Waals surface area contributed by atoms with Crippen molar-refractivity contribution in [1.82, 2.24) is 18.9 Å². The van der Waals surface area contributed by atoms with Crippen LogP contribution in [0.2, 0.25) is 0 Å². The van der Waals surface area contributed by atoms with Crippen LogP contribution in [0.1, 0.15) is 41.7 Å². The second-order valence-electron chi connectivity index (χ2n) is 9.49. The molecule has 0 bridgehead atoms. The van der Waals surface area contributed by atoms with E-state index in [0.717, 1.165) is 54.6 Å². The number of piperidine rings is 1. The maximum absolute atomic E-state index is 13.1. The second kappa shape index (κ2) is 7.48. The van der Waals surface area contributed by atoms with E-state index in [9.17, 15) is 4.79 Å². The van der Waals surface area contributed by atoms with Crippen LogP contribution >= 0.6 is 0 Å². The van der Waals surface area contributed by atoms with E-state index in [4.69, 9.17) is 10.7 Å². The lowest BCUT2D eigenvalue weighted by Gasteiger charge is -2.30. The number of imidazole rings is 1. The van der Waals surface area contributed by atoms with Gasteiger partial charge in [-0.15, -0.1) is 0 Å². The third-order valence-corrected chi connectivity index (χ3v) is 7.05. The van der Waals surface area contributed by atoms with Crippen LogP contribution in [0.4, 0.5) is 0 Å². The van der Waals surface area contributed by atoms with Gasteiger partial charge in [-0.2, -0.15) is 0 Å². The van der Waals surface area contributed by atoms with Crippen molar-refractivity contribution in [2.24, 2.45) is 11.7 Å². The van der Waals surface area contributed by atoms with Gasteiger partial charge in [-0.05, 0) is 62.8 Å². The highest BCUT2D eigenvalue weighted by atomic mass is 16.2. The molecule has 164 valence electrons. The van der Waals surface area contributed by atoms with Gasteiger partial charge in [0.1, 0.15) is 11.3 Å². The number of rotatable bonds is 4. The summed E-state index contributed by atoms with van der Waals surface area (Å²) in [6.45, 7) is 4.55. The number of carbonyl (C=O) groups excluding carboxylic acids is 1. The molecule has 1 saturated heterocycles. The van der Waals surface area contributed by atoms with Crippen molar-refractivity contribution in [3.05, 3.63) is 59.9 Å². The molecule has 6 heteroatoms. The molecule has 4 heterocycles. The number of benzene rings is 1. The summed E-state index contributed by atoms with van der Waals surface area (Å²) in [7, 11) is 0. The van der Waals surface area contributed by atoms with Crippen molar-refractivity contribution in [2.45, 2.75) is 45.2 Å². The number of nitrogens with zero attached hydrogens (tertiary/aromatic N) is 4. The fraction of sp³-hybridized carbons (Fsp3) is 0.385.